The summed E-state index contributed by atoms with van der Waals surface area (Å²) in [5.41, 5.74) is 6.11. The maximum atomic E-state index is 5.29. The lowest BCUT2D eigenvalue weighted by Crippen LogP contribution is -2.26. The van der Waals surface area contributed by atoms with Crippen LogP contribution in [0.15, 0.2) is 89.4 Å². The largest absolute Gasteiger partial charge is 0.326 e. The van der Waals surface area contributed by atoms with Crippen molar-refractivity contribution in [2.45, 2.75) is 59.2 Å². The molecule has 0 atom stereocenters. The SMILES string of the molecule is CCCCN(Cc1ccccc1Br)Cc1c(-c2ccccc2)nc(-c2ccccc2)n1CCCC. The first-order chi connectivity index (χ1) is 17.2. The third-order valence-corrected chi connectivity index (χ3v) is 7.21. The van der Waals surface area contributed by atoms with E-state index in [2.05, 4.69) is 124 Å². The molecule has 0 bridgehead atoms. The predicted molar refractivity (Wildman–Crippen MR) is 151 cm³/mol. The Balaban J connectivity index is 1.80. The second-order valence-corrected chi connectivity index (χ2v) is 9.98. The zero-order valence-electron chi connectivity index (χ0n) is 21.0. The van der Waals surface area contributed by atoms with Crippen LogP contribution in [0.2, 0.25) is 0 Å². The highest BCUT2D eigenvalue weighted by Gasteiger charge is 2.22. The highest BCUT2D eigenvalue weighted by atomic mass is 79.9. The number of nitrogens with zero attached hydrogens (tertiary/aromatic N) is 3. The van der Waals surface area contributed by atoms with E-state index in [1.165, 1.54) is 39.7 Å². The van der Waals surface area contributed by atoms with Gasteiger partial charge in [0.25, 0.3) is 0 Å². The van der Waals surface area contributed by atoms with Crippen molar-refractivity contribution in [1.82, 2.24) is 14.5 Å². The molecule has 0 radical (unpaired) electrons. The van der Waals surface area contributed by atoms with Crippen LogP contribution in [0.1, 0.15) is 50.8 Å². The van der Waals surface area contributed by atoms with Crippen molar-refractivity contribution in [2.24, 2.45) is 0 Å². The second kappa shape index (κ2) is 12.9. The van der Waals surface area contributed by atoms with Crippen LogP contribution in [0.25, 0.3) is 22.6 Å². The van der Waals surface area contributed by atoms with Crippen LogP contribution in [0.4, 0.5) is 0 Å². The number of hydrogen-bond acceptors (Lipinski definition) is 2. The van der Waals surface area contributed by atoms with Gasteiger partial charge in [-0.2, -0.15) is 0 Å². The minimum atomic E-state index is 0.870. The van der Waals surface area contributed by atoms with Crippen LogP contribution in [-0.4, -0.2) is 21.0 Å². The number of rotatable bonds is 12. The molecular formula is C31H36BrN3. The van der Waals surface area contributed by atoms with Gasteiger partial charge >= 0.3 is 0 Å². The van der Waals surface area contributed by atoms with Crippen LogP contribution in [0.3, 0.4) is 0 Å². The quantitative estimate of drug-likeness (QED) is 0.183. The Morgan fingerprint density at radius 1 is 0.743 bits per heavy atom. The van der Waals surface area contributed by atoms with E-state index in [1.54, 1.807) is 0 Å². The molecule has 182 valence electrons. The molecule has 0 aliphatic heterocycles. The molecule has 4 heteroatoms. The number of hydrogen-bond donors (Lipinski definition) is 0. The first kappa shape index (κ1) is 25.4. The molecule has 4 aromatic rings. The van der Waals surface area contributed by atoms with Crippen LogP contribution < -0.4 is 0 Å². The summed E-state index contributed by atoms with van der Waals surface area (Å²) in [5, 5.41) is 0. The molecule has 0 unspecified atom stereocenters. The fraction of sp³-hybridized carbons (Fsp3) is 0.323. The van der Waals surface area contributed by atoms with Gasteiger partial charge in [-0.25, -0.2) is 4.98 Å². The fourth-order valence-corrected chi connectivity index (χ4v) is 4.92. The molecule has 1 heterocycles. The van der Waals surface area contributed by atoms with E-state index in [0.717, 1.165) is 50.5 Å². The normalized spacial score (nSPS) is 11.3. The van der Waals surface area contributed by atoms with Gasteiger partial charge in [0.15, 0.2) is 0 Å². The van der Waals surface area contributed by atoms with Gasteiger partial charge in [0.1, 0.15) is 5.82 Å². The summed E-state index contributed by atoms with van der Waals surface area (Å²) in [6.07, 6.45) is 4.65. The maximum absolute atomic E-state index is 5.29. The van der Waals surface area contributed by atoms with E-state index in [0.29, 0.717) is 0 Å². The lowest BCUT2D eigenvalue weighted by atomic mass is 10.1. The summed E-state index contributed by atoms with van der Waals surface area (Å²) in [7, 11) is 0. The van der Waals surface area contributed by atoms with Gasteiger partial charge in [-0.1, -0.05) is 121 Å². The Bertz CT molecular complexity index is 1180. The predicted octanol–water partition coefficient (Wildman–Crippen LogP) is 8.58. The van der Waals surface area contributed by atoms with Crippen molar-refractivity contribution in [2.75, 3.05) is 6.54 Å². The molecule has 35 heavy (non-hydrogen) atoms. The molecule has 4 rings (SSSR count). The van der Waals surface area contributed by atoms with Crippen molar-refractivity contribution < 1.29 is 0 Å². The Morgan fingerprint density at radius 2 is 1.37 bits per heavy atom. The third-order valence-electron chi connectivity index (χ3n) is 6.44. The van der Waals surface area contributed by atoms with E-state index < -0.39 is 0 Å². The summed E-state index contributed by atoms with van der Waals surface area (Å²) < 4.78 is 3.66. The third kappa shape index (κ3) is 6.50. The van der Waals surface area contributed by atoms with Crippen molar-refractivity contribution >= 4 is 15.9 Å². The van der Waals surface area contributed by atoms with E-state index in [1.807, 2.05) is 0 Å². The monoisotopic (exact) mass is 529 g/mol. The summed E-state index contributed by atoms with van der Waals surface area (Å²) >= 11 is 3.77. The zero-order chi connectivity index (χ0) is 24.5. The standard InChI is InChI=1S/C31H36BrN3/c1-3-5-21-34(23-27-19-13-14-20-28(27)32)24-29-30(25-15-9-7-10-16-25)33-31(35(29)22-6-4-2)26-17-11-8-12-18-26/h7-20H,3-6,21-24H2,1-2H3. The summed E-state index contributed by atoms with van der Waals surface area (Å²) in [6, 6.07) is 29.9. The highest BCUT2D eigenvalue weighted by molar-refractivity contribution is 9.10. The molecule has 0 fully saturated rings. The summed E-state index contributed by atoms with van der Waals surface area (Å²) in [5.74, 6) is 1.07. The van der Waals surface area contributed by atoms with Crippen molar-refractivity contribution in [3.8, 4) is 22.6 Å². The first-order valence-corrected chi connectivity index (χ1v) is 13.7. The van der Waals surface area contributed by atoms with Crippen LogP contribution in [0.5, 0.6) is 0 Å². The summed E-state index contributed by atoms with van der Waals surface area (Å²) in [6.45, 7) is 8.35. The van der Waals surface area contributed by atoms with Gasteiger partial charge in [0.2, 0.25) is 0 Å². The molecule has 3 nitrogen and oxygen atoms in total. The molecule has 0 aliphatic rings. The van der Waals surface area contributed by atoms with Crippen molar-refractivity contribution in [3.05, 3.63) is 101 Å². The molecule has 0 amide bonds. The molecule has 1 aromatic heterocycles. The molecule has 0 saturated heterocycles. The van der Waals surface area contributed by atoms with Gasteiger partial charge in [-0.3, -0.25) is 4.90 Å². The minimum Gasteiger partial charge on any atom is -0.326 e. The average Bonchev–Trinajstić information content (AvgIpc) is 3.26. The van der Waals surface area contributed by atoms with E-state index in [9.17, 15) is 0 Å². The van der Waals surface area contributed by atoms with E-state index in [4.69, 9.17) is 4.98 Å². The molecule has 0 N–H and O–H groups in total. The molecule has 3 aromatic carbocycles. The molecule has 0 aliphatic carbocycles. The van der Waals surface area contributed by atoms with E-state index in [-0.39, 0.29) is 0 Å². The highest BCUT2D eigenvalue weighted by Crippen LogP contribution is 2.31. The smallest absolute Gasteiger partial charge is 0.140 e. The van der Waals surface area contributed by atoms with Crippen molar-refractivity contribution in [3.63, 3.8) is 0 Å². The number of halogens is 1. The van der Waals surface area contributed by atoms with Gasteiger partial charge in [0.05, 0.1) is 11.4 Å². The zero-order valence-corrected chi connectivity index (χ0v) is 22.5. The Labute approximate surface area is 219 Å². The van der Waals surface area contributed by atoms with E-state index >= 15 is 0 Å². The number of aromatic nitrogens is 2. The maximum Gasteiger partial charge on any atom is 0.140 e. The number of imidazole rings is 1. The fourth-order valence-electron chi connectivity index (χ4n) is 4.51. The van der Waals surface area contributed by atoms with Gasteiger partial charge in [0, 0.05) is 35.2 Å². The van der Waals surface area contributed by atoms with Gasteiger partial charge in [-0.15, -0.1) is 0 Å². The topological polar surface area (TPSA) is 21.1 Å². The Morgan fingerprint density at radius 3 is 2.03 bits per heavy atom. The van der Waals surface area contributed by atoms with Crippen LogP contribution in [0, 0.1) is 0 Å². The Kier molecular flexibility index (Phi) is 9.33. The van der Waals surface area contributed by atoms with Crippen LogP contribution >= 0.6 is 15.9 Å². The minimum absolute atomic E-state index is 0.870. The Hall–Kier alpha value is -2.69. The lowest BCUT2D eigenvalue weighted by Gasteiger charge is -2.25. The molecule has 0 spiro atoms. The summed E-state index contributed by atoms with van der Waals surface area (Å²) in [4.78, 5) is 7.88. The average molecular weight is 531 g/mol. The molecule has 0 saturated carbocycles. The molecular weight excluding hydrogens is 494 g/mol. The number of benzene rings is 3. The second-order valence-electron chi connectivity index (χ2n) is 9.12. The lowest BCUT2D eigenvalue weighted by molar-refractivity contribution is 0.246. The van der Waals surface area contributed by atoms with Gasteiger partial charge in [-0.05, 0) is 31.0 Å². The van der Waals surface area contributed by atoms with Crippen LogP contribution in [-0.2, 0) is 19.6 Å². The van der Waals surface area contributed by atoms with Crippen molar-refractivity contribution in [1.29, 1.82) is 0 Å². The first-order valence-electron chi connectivity index (χ1n) is 12.9. The van der Waals surface area contributed by atoms with Gasteiger partial charge < -0.3 is 4.57 Å². The number of unbranched alkanes of at least 4 members (excludes halogenated alkanes) is 2.